The van der Waals surface area contributed by atoms with Crippen LogP contribution in [-0.4, -0.2) is 40.6 Å². The molecule has 0 aromatic heterocycles. The van der Waals surface area contributed by atoms with Crippen LogP contribution in [0.4, 0.5) is 18.0 Å². The molecule has 0 N–H and O–H groups in total. The highest BCUT2D eigenvalue weighted by Crippen LogP contribution is 2.41. The third kappa shape index (κ3) is 5.26. The van der Waals surface area contributed by atoms with Crippen molar-refractivity contribution in [3.05, 3.63) is 29.3 Å². The zero-order valence-corrected chi connectivity index (χ0v) is 17.4. The molecule has 9 heteroatoms. The molecule has 0 bridgehead atoms. The van der Waals surface area contributed by atoms with Gasteiger partial charge in [0.05, 0.1) is 12.7 Å². The van der Waals surface area contributed by atoms with Gasteiger partial charge in [-0.05, 0) is 50.3 Å². The van der Waals surface area contributed by atoms with Gasteiger partial charge in [-0.15, -0.1) is 0 Å². The SMILES string of the molecule is COC(=O)C(C)(C)Oc1ccc(C2CCN(C(=O)I)CC2)cc1C(F)(F)F. The lowest BCUT2D eigenvalue weighted by atomic mass is 9.88. The molecule has 0 unspecified atom stereocenters. The summed E-state index contributed by atoms with van der Waals surface area (Å²) in [6.07, 6.45) is -3.43. The van der Waals surface area contributed by atoms with Crippen LogP contribution in [0.25, 0.3) is 0 Å². The number of likely N-dealkylation sites (tertiary alicyclic amines) is 1. The molecule has 1 saturated heterocycles. The van der Waals surface area contributed by atoms with Crippen LogP contribution in [0, 0.1) is 0 Å². The molecule has 2 rings (SSSR count). The molecule has 0 atom stereocenters. The summed E-state index contributed by atoms with van der Waals surface area (Å²) in [4.78, 5) is 24.8. The van der Waals surface area contributed by atoms with Crippen LogP contribution < -0.4 is 4.74 Å². The van der Waals surface area contributed by atoms with Gasteiger partial charge >= 0.3 is 12.1 Å². The number of carbonyl (C=O) groups excluding carboxylic acids is 2. The molecular formula is C18H21F3INO4. The molecule has 5 nitrogen and oxygen atoms in total. The van der Waals surface area contributed by atoms with Crippen molar-refractivity contribution in [1.82, 2.24) is 4.90 Å². The molecule has 0 radical (unpaired) electrons. The number of hydrogen-bond donors (Lipinski definition) is 0. The van der Waals surface area contributed by atoms with E-state index in [0.717, 1.165) is 13.2 Å². The number of esters is 1. The molecule has 0 aliphatic carbocycles. The third-order valence-electron chi connectivity index (χ3n) is 4.57. The van der Waals surface area contributed by atoms with E-state index in [2.05, 4.69) is 4.74 Å². The summed E-state index contributed by atoms with van der Waals surface area (Å²) >= 11 is 1.71. The first-order valence-corrected chi connectivity index (χ1v) is 9.46. The monoisotopic (exact) mass is 499 g/mol. The van der Waals surface area contributed by atoms with Crippen LogP contribution in [0.3, 0.4) is 0 Å². The van der Waals surface area contributed by atoms with E-state index in [-0.39, 0.29) is 9.83 Å². The van der Waals surface area contributed by atoms with E-state index in [4.69, 9.17) is 4.74 Å². The maximum absolute atomic E-state index is 13.6. The number of halogens is 4. The Hall–Kier alpha value is -1.52. The van der Waals surface area contributed by atoms with Crippen LogP contribution in [0.2, 0.25) is 0 Å². The van der Waals surface area contributed by atoms with E-state index in [1.54, 1.807) is 33.6 Å². The molecule has 1 fully saturated rings. The van der Waals surface area contributed by atoms with Gasteiger partial charge in [-0.1, -0.05) is 6.07 Å². The van der Waals surface area contributed by atoms with Gasteiger partial charge < -0.3 is 14.4 Å². The number of benzene rings is 1. The van der Waals surface area contributed by atoms with Gasteiger partial charge in [0.2, 0.25) is 0 Å². The molecule has 1 amide bonds. The number of amides is 1. The maximum atomic E-state index is 13.6. The largest absolute Gasteiger partial charge is 0.476 e. The van der Waals surface area contributed by atoms with Gasteiger partial charge in [-0.2, -0.15) is 13.2 Å². The first kappa shape index (κ1) is 21.8. The van der Waals surface area contributed by atoms with E-state index < -0.39 is 29.1 Å². The number of rotatable bonds is 4. The molecule has 0 saturated carbocycles. The van der Waals surface area contributed by atoms with Crippen molar-refractivity contribution in [2.45, 2.75) is 44.4 Å². The number of ether oxygens (including phenoxy) is 2. The molecule has 0 spiro atoms. The summed E-state index contributed by atoms with van der Waals surface area (Å²) in [6.45, 7) is 3.73. The summed E-state index contributed by atoms with van der Waals surface area (Å²) in [6, 6.07) is 3.91. The highest BCUT2D eigenvalue weighted by Gasteiger charge is 2.39. The summed E-state index contributed by atoms with van der Waals surface area (Å²) in [5, 5.41) is 0. The first-order chi connectivity index (χ1) is 12.5. The minimum absolute atomic E-state index is 0.0594. The Bertz CT molecular complexity index is 713. The average molecular weight is 499 g/mol. The van der Waals surface area contributed by atoms with Crippen LogP contribution in [-0.2, 0) is 15.7 Å². The third-order valence-corrected chi connectivity index (χ3v) is 5.25. The van der Waals surface area contributed by atoms with Gasteiger partial charge in [0, 0.05) is 35.7 Å². The Morgan fingerprint density at radius 1 is 1.19 bits per heavy atom. The van der Waals surface area contributed by atoms with Gasteiger partial charge in [0.1, 0.15) is 5.75 Å². The zero-order chi connectivity index (χ0) is 20.4. The Labute approximate surface area is 169 Å². The second-order valence-corrected chi connectivity index (χ2v) is 7.79. The number of alkyl halides is 3. The van der Waals surface area contributed by atoms with Crippen LogP contribution in [0.1, 0.15) is 43.7 Å². The van der Waals surface area contributed by atoms with Crippen molar-refractivity contribution in [3.63, 3.8) is 0 Å². The van der Waals surface area contributed by atoms with Crippen molar-refractivity contribution < 1.29 is 32.2 Å². The lowest BCUT2D eigenvalue weighted by Gasteiger charge is -2.31. The van der Waals surface area contributed by atoms with E-state index in [9.17, 15) is 22.8 Å². The minimum Gasteiger partial charge on any atom is -0.476 e. The van der Waals surface area contributed by atoms with E-state index >= 15 is 0 Å². The van der Waals surface area contributed by atoms with Crippen LogP contribution in [0.15, 0.2) is 18.2 Å². The van der Waals surface area contributed by atoms with Crippen LogP contribution in [0.5, 0.6) is 5.75 Å². The van der Waals surface area contributed by atoms with Gasteiger partial charge in [-0.3, -0.25) is 4.79 Å². The minimum atomic E-state index is -4.63. The van der Waals surface area contributed by atoms with Crippen LogP contribution >= 0.6 is 22.6 Å². The number of carbonyl (C=O) groups is 2. The summed E-state index contributed by atoms with van der Waals surface area (Å²) in [5.74, 6) is -1.25. The number of methoxy groups -OCH3 is 1. The maximum Gasteiger partial charge on any atom is 0.419 e. The predicted molar refractivity (Wildman–Crippen MR) is 101 cm³/mol. The van der Waals surface area contributed by atoms with Gasteiger partial charge in [-0.25, -0.2) is 4.79 Å². The van der Waals surface area contributed by atoms with E-state index in [1.807, 2.05) is 0 Å². The fraction of sp³-hybridized carbons (Fsp3) is 0.556. The van der Waals surface area contributed by atoms with E-state index in [0.29, 0.717) is 31.5 Å². The number of nitrogens with zero attached hydrogens (tertiary/aromatic N) is 1. The Morgan fingerprint density at radius 3 is 2.26 bits per heavy atom. The fourth-order valence-electron chi connectivity index (χ4n) is 3.06. The fourth-order valence-corrected chi connectivity index (χ4v) is 3.55. The van der Waals surface area contributed by atoms with Gasteiger partial charge in [0.15, 0.2) is 5.60 Å². The number of hydrogen-bond acceptors (Lipinski definition) is 4. The van der Waals surface area contributed by atoms with Crippen molar-refractivity contribution in [1.29, 1.82) is 0 Å². The topological polar surface area (TPSA) is 55.8 Å². The average Bonchev–Trinajstić information content (AvgIpc) is 2.60. The molecule has 1 aliphatic heterocycles. The molecule has 1 aromatic carbocycles. The standard InChI is InChI=1S/C18H21F3INO4/c1-17(2,15(24)26-3)27-14-5-4-12(10-13(14)18(19,20)21)11-6-8-23(9-7-11)16(22)25/h4-5,10-11H,6-9H2,1-3H3. The Balaban J connectivity index is 2.29. The lowest BCUT2D eigenvalue weighted by molar-refractivity contribution is -0.158. The van der Waals surface area contributed by atoms with Crippen molar-refractivity contribution in [2.24, 2.45) is 0 Å². The second-order valence-electron chi connectivity index (χ2n) is 6.87. The summed E-state index contributed by atoms with van der Waals surface area (Å²) < 4.78 is 50.6. The molecule has 1 aromatic rings. The highest BCUT2D eigenvalue weighted by atomic mass is 127. The number of piperidine rings is 1. The molecule has 150 valence electrons. The predicted octanol–water partition coefficient (Wildman–Crippen LogP) is 4.77. The molecular weight excluding hydrogens is 478 g/mol. The lowest BCUT2D eigenvalue weighted by Crippen LogP contribution is -2.39. The van der Waals surface area contributed by atoms with Crippen molar-refractivity contribution >= 4 is 32.5 Å². The van der Waals surface area contributed by atoms with Crippen molar-refractivity contribution in [3.8, 4) is 5.75 Å². The van der Waals surface area contributed by atoms with E-state index in [1.165, 1.54) is 19.9 Å². The quantitative estimate of drug-likeness (QED) is 0.259. The first-order valence-electron chi connectivity index (χ1n) is 8.38. The summed E-state index contributed by atoms with van der Waals surface area (Å²) in [7, 11) is 1.15. The van der Waals surface area contributed by atoms with Gasteiger partial charge in [0.25, 0.3) is 3.91 Å². The Kier molecular flexibility index (Phi) is 6.64. The molecule has 1 heterocycles. The zero-order valence-electron chi connectivity index (χ0n) is 15.2. The molecule has 27 heavy (non-hydrogen) atoms. The Morgan fingerprint density at radius 2 is 1.78 bits per heavy atom. The molecule has 1 aliphatic rings. The second kappa shape index (κ2) is 8.24. The highest BCUT2D eigenvalue weighted by molar-refractivity contribution is 14.1. The summed E-state index contributed by atoms with van der Waals surface area (Å²) in [5.41, 5.74) is -1.93. The van der Waals surface area contributed by atoms with Crippen molar-refractivity contribution in [2.75, 3.05) is 20.2 Å². The smallest absolute Gasteiger partial charge is 0.419 e. The normalized spacial score (nSPS) is 16.2.